The Bertz CT molecular complexity index is 284. The molecule has 0 saturated heterocycles. The zero-order chi connectivity index (χ0) is 11.4. The van der Waals surface area contributed by atoms with Gasteiger partial charge in [0.15, 0.2) is 0 Å². The van der Waals surface area contributed by atoms with Gasteiger partial charge < -0.3 is 9.47 Å². The molecule has 84 valence electrons. The van der Waals surface area contributed by atoms with Gasteiger partial charge in [0.1, 0.15) is 5.78 Å². The lowest BCUT2D eigenvalue weighted by Crippen LogP contribution is -2.37. The van der Waals surface area contributed by atoms with E-state index in [0.29, 0.717) is 12.8 Å². The summed E-state index contributed by atoms with van der Waals surface area (Å²) in [5.41, 5.74) is 0. The van der Waals surface area contributed by atoms with E-state index < -0.39 is 23.8 Å². The lowest BCUT2D eigenvalue weighted by Gasteiger charge is -2.26. The van der Waals surface area contributed by atoms with Crippen LogP contribution in [0, 0.1) is 11.8 Å². The number of carbonyl (C=O) groups is 3. The van der Waals surface area contributed by atoms with Crippen LogP contribution in [-0.4, -0.2) is 31.9 Å². The zero-order valence-electron chi connectivity index (χ0n) is 8.82. The number of esters is 2. The number of hydrogen-bond acceptors (Lipinski definition) is 5. The van der Waals surface area contributed by atoms with Crippen LogP contribution in [0.2, 0.25) is 0 Å². The highest BCUT2D eigenvalue weighted by molar-refractivity contribution is 5.90. The first-order valence-electron chi connectivity index (χ1n) is 4.77. The van der Waals surface area contributed by atoms with Crippen molar-refractivity contribution in [3.05, 3.63) is 0 Å². The molecule has 0 radical (unpaired) electrons. The first-order chi connectivity index (χ1) is 7.10. The van der Waals surface area contributed by atoms with Gasteiger partial charge in [-0.25, -0.2) is 0 Å². The van der Waals surface area contributed by atoms with Crippen LogP contribution in [0.3, 0.4) is 0 Å². The maximum absolute atomic E-state index is 11.4. The van der Waals surface area contributed by atoms with Crippen molar-refractivity contribution in [2.45, 2.75) is 19.3 Å². The van der Waals surface area contributed by atoms with Crippen LogP contribution in [0.15, 0.2) is 0 Å². The van der Waals surface area contributed by atoms with E-state index in [4.69, 9.17) is 0 Å². The van der Waals surface area contributed by atoms with E-state index in [0.717, 1.165) is 0 Å². The normalized spacial score (nSPS) is 25.9. The molecule has 1 aliphatic carbocycles. The van der Waals surface area contributed by atoms with Crippen LogP contribution in [0.1, 0.15) is 19.3 Å². The first-order valence-corrected chi connectivity index (χ1v) is 4.77. The van der Waals surface area contributed by atoms with Gasteiger partial charge in [-0.3, -0.25) is 14.4 Å². The van der Waals surface area contributed by atoms with Crippen molar-refractivity contribution in [1.29, 1.82) is 0 Å². The topological polar surface area (TPSA) is 69.7 Å². The van der Waals surface area contributed by atoms with E-state index in [1.165, 1.54) is 14.2 Å². The number of Topliss-reactive ketones (excluding diaryl/α,β-unsaturated/α-hetero) is 1. The molecule has 1 rings (SSSR count). The Morgan fingerprint density at radius 3 is 2.20 bits per heavy atom. The highest BCUT2D eigenvalue weighted by Gasteiger charge is 2.40. The van der Waals surface area contributed by atoms with Gasteiger partial charge in [-0.1, -0.05) is 0 Å². The molecule has 0 aliphatic heterocycles. The fraction of sp³-hybridized carbons (Fsp3) is 0.700. The molecular weight excluding hydrogens is 200 g/mol. The van der Waals surface area contributed by atoms with E-state index >= 15 is 0 Å². The van der Waals surface area contributed by atoms with Gasteiger partial charge >= 0.3 is 11.9 Å². The molecule has 0 aromatic heterocycles. The largest absolute Gasteiger partial charge is 0.469 e. The third-order valence-corrected chi connectivity index (χ3v) is 2.68. The lowest BCUT2D eigenvalue weighted by molar-refractivity contribution is -0.160. The Morgan fingerprint density at radius 1 is 1.13 bits per heavy atom. The molecule has 0 N–H and O–H groups in total. The highest BCUT2D eigenvalue weighted by Crippen LogP contribution is 2.29. The average Bonchev–Trinajstić information content (AvgIpc) is 2.26. The number of carbonyl (C=O) groups excluding carboxylic acids is 3. The average molecular weight is 214 g/mol. The van der Waals surface area contributed by atoms with Crippen LogP contribution in [0.4, 0.5) is 0 Å². The molecule has 2 unspecified atom stereocenters. The highest BCUT2D eigenvalue weighted by atomic mass is 16.5. The quantitative estimate of drug-likeness (QED) is 0.619. The fourth-order valence-electron chi connectivity index (χ4n) is 1.84. The number of ketones is 1. The molecule has 1 saturated carbocycles. The van der Waals surface area contributed by atoms with Crippen molar-refractivity contribution in [2.75, 3.05) is 14.2 Å². The van der Waals surface area contributed by atoms with Crippen molar-refractivity contribution < 1.29 is 23.9 Å². The van der Waals surface area contributed by atoms with E-state index in [1.54, 1.807) is 0 Å². The van der Waals surface area contributed by atoms with Crippen molar-refractivity contribution in [3.63, 3.8) is 0 Å². The van der Waals surface area contributed by atoms with Crippen molar-refractivity contribution >= 4 is 17.7 Å². The Kier molecular flexibility index (Phi) is 3.82. The zero-order valence-corrected chi connectivity index (χ0v) is 8.82. The molecule has 5 nitrogen and oxygen atoms in total. The lowest BCUT2D eigenvalue weighted by atomic mass is 9.78. The van der Waals surface area contributed by atoms with Gasteiger partial charge in [-0.2, -0.15) is 0 Å². The predicted molar refractivity (Wildman–Crippen MR) is 49.9 cm³/mol. The Labute approximate surface area is 87.7 Å². The van der Waals surface area contributed by atoms with Crippen molar-refractivity contribution in [3.8, 4) is 0 Å². The second-order valence-corrected chi connectivity index (χ2v) is 3.54. The maximum Gasteiger partial charge on any atom is 0.309 e. The Hall–Kier alpha value is -1.39. The Morgan fingerprint density at radius 2 is 1.67 bits per heavy atom. The summed E-state index contributed by atoms with van der Waals surface area (Å²) in [5, 5.41) is 0. The second-order valence-electron chi connectivity index (χ2n) is 3.54. The minimum Gasteiger partial charge on any atom is -0.469 e. The maximum atomic E-state index is 11.4. The van der Waals surface area contributed by atoms with Gasteiger partial charge in [0.05, 0.1) is 26.1 Å². The van der Waals surface area contributed by atoms with Gasteiger partial charge in [0.25, 0.3) is 0 Å². The van der Waals surface area contributed by atoms with Gasteiger partial charge in [0, 0.05) is 12.8 Å². The summed E-state index contributed by atoms with van der Waals surface area (Å²) in [7, 11) is 2.52. The number of rotatable bonds is 2. The molecule has 0 aromatic rings. The standard InChI is InChI=1S/C10H14O5/c1-14-9(12)7-4-3-6(11)5-8(7)10(13)15-2/h7-8H,3-5H2,1-2H3. The second kappa shape index (κ2) is 4.91. The molecule has 0 aromatic carbocycles. The van der Waals surface area contributed by atoms with Crippen LogP contribution in [0.25, 0.3) is 0 Å². The van der Waals surface area contributed by atoms with E-state index in [1.807, 2.05) is 0 Å². The summed E-state index contributed by atoms with van der Waals surface area (Å²) in [5.74, 6) is -2.19. The molecule has 0 amide bonds. The van der Waals surface area contributed by atoms with Gasteiger partial charge in [-0.05, 0) is 6.42 Å². The Balaban J connectivity index is 2.79. The minimum absolute atomic E-state index is 0.00875. The summed E-state index contributed by atoms with van der Waals surface area (Å²) in [6.07, 6.45) is 0.769. The van der Waals surface area contributed by atoms with Crippen LogP contribution in [-0.2, 0) is 23.9 Å². The summed E-state index contributed by atoms with van der Waals surface area (Å²) >= 11 is 0. The van der Waals surface area contributed by atoms with Crippen molar-refractivity contribution in [2.24, 2.45) is 11.8 Å². The minimum atomic E-state index is -0.677. The monoisotopic (exact) mass is 214 g/mol. The van der Waals surface area contributed by atoms with E-state index in [9.17, 15) is 14.4 Å². The smallest absolute Gasteiger partial charge is 0.309 e. The van der Waals surface area contributed by atoms with Crippen LogP contribution < -0.4 is 0 Å². The molecule has 1 aliphatic rings. The van der Waals surface area contributed by atoms with Crippen molar-refractivity contribution in [1.82, 2.24) is 0 Å². The van der Waals surface area contributed by atoms with E-state index in [-0.39, 0.29) is 12.2 Å². The molecule has 15 heavy (non-hydrogen) atoms. The third-order valence-electron chi connectivity index (χ3n) is 2.68. The molecule has 2 atom stereocenters. The number of hydrogen-bond donors (Lipinski definition) is 0. The summed E-state index contributed by atoms with van der Waals surface area (Å²) in [6, 6.07) is 0. The van der Waals surface area contributed by atoms with Crippen LogP contribution >= 0.6 is 0 Å². The number of methoxy groups -OCH3 is 2. The van der Waals surface area contributed by atoms with Crippen LogP contribution in [0.5, 0.6) is 0 Å². The molecule has 5 heteroatoms. The predicted octanol–water partition coefficient (Wildman–Crippen LogP) is 0.318. The molecule has 1 fully saturated rings. The van der Waals surface area contributed by atoms with E-state index in [2.05, 4.69) is 9.47 Å². The first kappa shape index (κ1) is 11.7. The molecule has 0 heterocycles. The molecular formula is C10H14O5. The SMILES string of the molecule is COC(=O)C1CCC(=O)CC1C(=O)OC. The van der Waals surface area contributed by atoms with Gasteiger partial charge in [0.2, 0.25) is 0 Å². The van der Waals surface area contributed by atoms with Gasteiger partial charge in [-0.15, -0.1) is 0 Å². The molecule has 0 bridgehead atoms. The fourth-order valence-corrected chi connectivity index (χ4v) is 1.84. The molecule has 0 spiro atoms. The number of ether oxygens (including phenoxy) is 2. The summed E-state index contributed by atoms with van der Waals surface area (Å²) in [6.45, 7) is 0. The third kappa shape index (κ3) is 2.55. The summed E-state index contributed by atoms with van der Waals surface area (Å²) in [4.78, 5) is 33.9. The summed E-state index contributed by atoms with van der Waals surface area (Å²) < 4.78 is 9.16.